The lowest BCUT2D eigenvalue weighted by atomic mass is 9.98. The molecule has 3 rings (SSSR count). The fourth-order valence-electron chi connectivity index (χ4n) is 2.92. The fraction of sp³-hybridized carbons (Fsp3) is 0.375. The van der Waals surface area contributed by atoms with E-state index in [2.05, 4.69) is 10.3 Å². The number of amides is 1. The largest absolute Gasteiger partial charge is 0.325 e. The monoisotopic (exact) mass is 269 g/mol. The number of carbonyl (C=O) groups is 1. The molecule has 20 heavy (non-hydrogen) atoms. The van der Waals surface area contributed by atoms with Gasteiger partial charge in [-0.2, -0.15) is 0 Å². The molecule has 4 nitrogen and oxygen atoms in total. The molecule has 0 radical (unpaired) electrons. The van der Waals surface area contributed by atoms with E-state index in [9.17, 15) is 4.79 Å². The van der Waals surface area contributed by atoms with E-state index in [1.807, 2.05) is 30.5 Å². The van der Waals surface area contributed by atoms with Gasteiger partial charge in [0.1, 0.15) is 0 Å². The number of hydrogen-bond donors (Lipinski definition) is 2. The van der Waals surface area contributed by atoms with Gasteiger partial charge >= 0.3 is 0 Å². The van der Waals surface area contributed by atoms with Gasteiger partial charge in [-0.1, -0.05) is 18.9 Å². The summed E-state index contributed by atoms with van der Waals surface area (Å²) in [5.74, 6) is 0.255. The van der Waals surface area contributed by atoms with Crippen LogP contribution in [0.2, 0.25) is 0 Å². The molecule has 0 aliphatic heterocycles. The zero-order chi connectivity index (χ0) is 13.9. The van der Waals surface area contributed by atoms with E-state index in [0.717, 1.165) is 29.3 Å². The number of pyridine rings is 1. The van der Waals surface area contributed by atoms with Gasteiger partial charge in [0.25, 0.3) is 0 Å². The van der Waals surface area contributed by atoms with E-state index in [0.29, 0.717) is 5.92 Å². The number of nitrogens with one attached hydrogen (secondary N) is 1. The van der Waals surface area contributed by atoms with Crippen LogP contribution in [0.1, 0.15) is 25.7 Å². The molecule has 0 spiro atoms. The van der Waals surface area contributed by atoms with Gasteiger partial charge in [0.2, 0.25) is 5.91 Å². The summed E-state index contributed by atoms with van der Waals surface area (Å²) < 4.78 is 0. The summed E-state index contributed by atoms with van der Waals surface area (Å²) in [7, 11) is 0. The maximum atomic E-state index is 12.2. The number of nitrogens with zero attached hydrogens (tertiary/aromatic N) is 1. The third-order valence-electron chi connectivity index (χ3n) is 4.12. The quantitative estimate of drug-likeness (QED) is 0.900. The SMILES string of the molecule is N[C@@H](C(=O)Nc1ccc2cnccc2c1)C1CCCC1. The Hall–Kier alpha value is -1.94. The molecule has 104 valence electrons. The Morgan fingerprint density at radius 2 is 2.05 bits per heavy atom. The van der Waals surface area contributed by atoms with E-state index in [-0.39, 0.29) is 5.91 Å². The first-order valence-corrected chi connectivity index (χ1v) is 7.14. The maximum absolute atomic E-state index is 12.2. The van der Waals surface area contributed by atoms with Crippen LogP contribution < -0.4 is 11.1 Å². The predicted molar refractivity (Wildman–Crippen MR) is 80.3 cm³/mol. The van der Waals surface area contributed by atoms with Gasteiger partial charge in [0.15, 0.2) is 0 Å². The molecule has 1 saturated carbocycles. The number of hydrogen-bond acceptors (Lipinski definition) is 3. The molecule has 1 aliphatic rings. The highest BCUT2D eigenvalue weighted by Gasteiger charge is 2.27. The Balaban J connectivity index is 1.73. The molecular weight excluding hydrogens is 250 g/mol. The number of fused-ring (bicyclic) bond motifs is 1. The maximum Gasteiger partial charge on any atom is 0.241 e. The van der Waals surface area contributed by atoms with Crippen molar-refractivity contribution in [2.24, 2.45) is 11.7 Å². The Morgan fingerprint density at radius 3 is 2.85 bits per heavy atom. The van der Waals surface area contributed by atoms with Crippen LogP contribution in [0.15, 0.2) is 36.7 Å². The van der Waals surface area contributed by atoms with Crippen LogP contribution in [0.25, 0.3) is 10.8 Å². The minimum Gasteiger partial charge on any atom is -0.325 e. The Labute approximate surface area is 118 Å². The lowest BCUT2D eigenvalue weighted by Crippen LogP contribution is -2.40. The van der Waals surface area contributed by atoms with Gasteiger partial charge in [-0.05, 0) is 42.3 Å². The van der Waals surface area contributed by atoms with Crippen molar-refractivity contribution in [1.29, 1.82) is 0 Å². The second-order valence-corrected chi connectivity index (χ2v) is 5.50. The third kappa shape index (κ3) is 2.65. The summed E-state index contributed by atoms with van der Waals surface area (Å²) >= 11 is 0. The topological polar surface area (TPSA) is 68.0 Å². The van der Waals surface area contributed by atoms with Gasteiger partial charge in [-0.25, -0.2) is 0 Å². The number of carbonyl (C=O) groups excluding carboxylic acids is 1. The van der Waals surface area contributed by atoms with Crippen molar-refractivity contribution in [3.8, 4) is 0 Å². The molecule has 1 aromatic carbocycles. The van der Waals surface area contributed by atoms with Crippen LogP contribution in [-0.2, 0) is 4.79 Å². The minimum absolute atomic E-state index is 0.0784. The first-order valence-electron chi connectivity index (χ1n) is 7.14. The highest BCUT2D eigenvalue weighted by Crippen LogP contribution is 2.27. The van der Waals surface area contributed by atoms with E-state index in [4.69, 9.17) is 5.73 Å². The Bertz CT molecular complexity index is 620. The first-order chi connectivity index (χ1) is 9.74. The van der Waals surface area contributed by atoms with Gasteiger partial charge in [-0.3, -0.25) is 9.78 Å². The van der Waals surface area contributed by atoms with Crippen molar-refractivity contribution in [3.63, 3.8) is 0 Å². The van der Waals surface area contributed by atoms with Crippen molar-refractivity contribution in [2.45, 2.75) is 31.7 Å². The Kier molecular flexibility index (Phi) is 3.65. The van der Waals surface area contributed by atoms with Crippen molar-refractivity contribution < 1.29 is 4.79 Å². The third-order valence-corrected chi connectivity index (χ3v) is 4.12. The molecule has 0 bridgehead atoms. The first kappa shape index (κ1) is 13.1. The van der Waals surface area contributed by atoms with Crippen molar-refractivity contribution >= 4 is 22.4 Å². The molecule has 1 fully saturated rings. The summed E-state index contributed by atoms with van der Waals surface area (Å²) in [6.07, 6.45) is 8.07. The van der Waals surface area contributed by atoms with Crippen molar-refractivity contribution in [1.82, 2.24) is 4.98 Å². The van der Waals surface area contributed by atoms with Crippen LogP contribution in [0.5, 0.6) is 0 Å². The summed E-state index contributed by atoms with van der Waals surface area (Å²) in [4.78, 5) is 16.3. The summed E-state index contributed by atoms with van der Waals surface area (Å²) in [6, 6.07) is 7.34. The number of aromatic nitrogens is 1. The molecule has 0 saturated heterocycles. The molecule has 3 N–H and O–H groups in total. The average Bonchev–Trinajstić information content (AvgIpc) is 3.00. The molecule has 1 amide bonds. The van der Waals surface area contributed by atoms with E-state index in [1.165, 1.54) is 12.8 Å². The average molecular weight is 269 g/mol. The molecule has 0 unspecified atom stereocenters. The second kappa shape index (κ2) is 5.59. The van der Waals surface area contributed by atoms with Gasteiger partial charge in [-0.15, -0.1) is 0 Å². The normalized spacial score (nSPS) is 17.2. The zero-order valence-electron chi connectivity index (χ0n) is 11.4. The van der Waals surface area contributed by atoms with E-state index in [1.54, 1.807) is 6.20 Å². The van der Waals surface area contributed by atoms with Crippen LogP contribution in [0.3, 0.4) is 0 Å². The molecular formula is C16H19N3O. The van der Waals surface area contributed by atoms with Gasteiger partial charge in [0, 0.05) is 23.5 Å². The number of nitrogens with two attached hydrogens (primary N) is 1. The zero-order valence-corrected chi connectivity index (χ0v) is 11.4. The lowest BCUT2D eigenvalue weighted by molar-refractivity contribution is -0.118. The molecule has 1 aromatic heterocycles. The molecule has 1 atom stereocenters. The van der Waals surface area contributed by atoms with Crippen LogP contribution in [0.4, 0.5) is 5.69 Å². The van der Waals surface area contributed by atoms with Gasteiger partial charge in [0.05, 0.1) is 6.04 Å². The Morgan fingerprint density at radius 1 is 1.25 bits per heavy atom. The standard InChI is InChI=1S/C16H19N3O/c17-15(11-3-1-2-4-11)16(20)19-14-6-5-13-10-18-8-7-12(13)9-14/h5-11,15H,1-4,17H2,(H,19,20)/t15-/m1/s1. The highest BCUT2D eigenvalue weighted by atomic mass is 16.2. The second-order valence-electron chi connectivity index (χ2n) is 5.50. The van der Waals surface area contributed by atoms with Crippen molar-refractivity contribution in [2.75, 3.05) is 5.32 Å². The van der Waals surface area contributed by atoms with Crippen LogP contribution >= 0.6 is 0 Å². The minimum atomic E-state index is -0.398. The van der Waals surface area contributed by atoms with Crippen molar-refractivity contribution in [3.05, 3.63) is 36.7 Å². The smallest absolute Gasteiger partial charge is 0.241 e. The van der Waals surface area contributed by atoms with E-state index < -0.39 is 6.04 Å². The van der Waals surface area contributed by atoms with Crippen LogP contribution in [-0.4, -0.2) is 16.9 Å². The number of rotatable bonds is 3. The molecule has 2 aromatic rings. The lowest BCUT2D eigenvalue weighted by Gasteiger charge is -2.18. The molecule has 1 heterocycles. The summed E-state index contributed by atoms with van der Waals surface area (Å²) in [6.45, 7) is 0. The van der Waals surface area contributed by atoms with E-state index >= 15 is 0 Å². The number of anilines is 1. The van der Waals surface area contributed by atoms with Gasteiger partial charge < -0.3 is 11.1 Å². The predicted octanol–water partition coefficient (Wildman–Crippen LogP) is 2.69. The molecule has 4 heteroatoms. The molecule has 1 aliphatic carbocycles. The summed E-state index contributed by atoms with van der Waals surface area (Å²) in [5, 5.41) is 5.05. The fourth-order valence-corrected chi connectivity index (χ4v) is 2.92. The summed E-state index contributed by atoms with van der Waals surface area (Å²) in [5.41, 5.74) is 6.85. The number of benzene rings is 1. The van der Waals surface area contributed by atoms with Crippen LogP contribution in [0, 0.1) is 5.92 Å². The highest BCUT2D eigenvalue weighted by molar-refractivity contribution is 5.97.